The van der Waals surface area contributed by atoms with Gasteiger partial charge < -0.3 is 9.72 Å². The number of benzene rings is 2. The molecular formula is C17H15NO2. The molecule has 3 aromatic rings. The largest absolute Gasteiger partial charge is 0.497 e. The van der Waals surface area contributed by atoms with Crippen molar-refractivity contribution in [3.63, 3.8) is 0 Å². The van der Waals surface area contributed by atoms with Gasteiger partial charge in [0.1, 0.15) is 5.75 Å². The number of nitrogens with one attached hydrogen (secondary N) is 1. The minimum absolute atomic E-state index is 0.0583. The molecule has 0 atom stereocenters. The highest BCUT2D eigenvalue weighted by atomic mass is 16.5. The number of ether oxygens (including phenoxy) is 1. The molecule has 20 heavy (non-hydrogen) atoms. The van der Waals surface area contributed by atoms with Crippen molar-refractivity contribution in [3.05, 3.63) is 64.4 Å². The number of pyridine rings is 1. The van der Waals surface area contributed by atoms with Crippen molar-refractivity contribution in [1.82, 2.24) is 4.98 Å². The molecule has 0 amide bonds. The van der Waals surface area contributed by atoms with Crippen molar-refractivity contribution in [2.24, 2.45) is 0 Å². The highest BCUT2D eigenvalue weighted by Gasteiger charge is 2.04. The fourth-order valence-electron chi connectivity index (χ4n) is 2.30. The highest BCUT2D eigenvalue weighted by molar-refractivity contribution is 5.85. The van der Waals surface area contributed by atoms with E-state index in [-0.39, 0.29) is 5.56 Å². The summed E-state index contributed by atoms with van der Waals surface area (Å²) in [6.45, 7) is 1.98. The average Bonchev–Trinajstić information content (AvgIpc) is 2.48. The lowest BCUT2D eigenvalue weighted by molar-refractivity contribution is 0.415. The predicted molar refractivity (Wildman–Crippen MR) is 81.3 cm³/mol. The Kier molecular flexibility index (Phi) is 3.03. The Morgan fingerprint density at radius 2 is 1.75 bits per heavy atom. The normalized spacial score (nSPS) is 10.7. The second kappa shape index (κ2) is 4.85. The van der Waals surface area contributed by atoms with Crippen LogP contribution in [0.5, 0.6) is 5.75 Å². The molecular weight excluding hydrogens is 250 g/mol. The number of methoxy groups -OCH3 is 1. The highest BCUT2D eigenvalue weighted by Crippen LogP contribution is 2.22. The Morgan fingerprint density at radius 1 is 1.00 bits per heavy atom. The van der Waals surface area contributed by atoms with E-state index in [4.69, 9.17) is 4.74 Å². The number of rotatable bonds is 2. The van der Waals surface area contributed by atoms with Gasteiger partial charge in [-0.05, 0) is 54.3 Å². The zero-order valence-corrected chi connectivity index (χ0v) is 11.4. The van der Waals surface area contributed by atoms with Gasteiger partial charge in [0.2, 0.25) is 0 Å². The van der Waals surface area contributed by atoms with E-state index >= 15 is 0 Å². The topological polar surface area (TPSA) is 42.1 Å². The smallest absolute Gasteiger partial charge is 0.256 e. The molecule has 0 radical (unpaired) electrons. The van der Waals surface area contributed by atoms with E-state index in [0.29, 0.717) is 0 Å². The zero-order valence-electron chi connectivity index (χ0n) is 11.4. The van der Waals surface area contributed by atoms with Crippen LogP contribution in [0.2, 0.25) is 0 Å². The monoisotopic (exact) mass is 265 g/mol. The van der Waals surface area contributed by atoms with Crippen LogP contribution in [0.1, 0.15) is 5.56 Å². The van der Waals surface area contributed by atoms with Crippen LogP contribution in [0.25, 0.3) is 22.0 Å². The fourth-order valence-corrected chi connectivity index (χ4v) is 2.30. The van der Waals surface area contributed by atoms with Gasteiger partial charge >= 0.3 is 0 Å². The maximum Gasteiger partial charge on any atom is 0.256 e. The quantitative estimate of drug-likeness (QED) is 0.770. The molecule has 1 N–H and O–H groups in total. The molecule has 0 fully saturated rings. The standard InChI is InChI=1S/C17H15NO2/c1-11-3-4-13-10-16(18-17(19)15(13)9-11)12-5-7-14(20-2)8-6-12/h3-10H,1-2H3,(H,18,19). The molecule has 0 aliphatic heterocycles. The summed E-state index contributed by atoms with van der Waals surface area (Å²) in [5, 5.41) is 1.67. The molecule has 0 bridgehead atoms. The number of hydrogen-bond acceptors (Lipinski definition) is 2. The van der Waals surface area contributed by atoms with Gasteiger partial charge in [0.05, 0.1) is 7.11 Å². The molecule has 100 valence electrons. The maximum absolute atomic E-state index is 12.2. The minimum Gasteiger partial charge on any atom is -0.497 e. The molecule has 0 aliphatic rings. The lowest BCUT2D eigenvalue weighted by atomic mass is 10.1. The van der Waals surface area contributed by atoms with Crippen molar-refractivity contribution in [1.29, 1.82) is 0 Å². The van der Waals surface area contributed by atoms with Gasteiger partial charge in [0.15, 0.2) is 0 Å². The van der Waals surface area contributed by atoms with Crippen LogP contribution in [-0.2, 0) is 0 Å². The van der Waals surface area contributed by atoms with E-state index in [9.17, 15) is 4.79 Å². The molecule has 3 rings (SSSR count). The molecule has 0 unspecified atom stereocenters. The molecule has 1 heterocycles. The van der Waals surface area contributed by atoms with Crippen molar-refractivity contribution in [2.45, 2.75) is 6.92 Å². The van der Waals surface area contributed by atoms with Crippen LogP contribution >= 0.6 is 0 Å². The maximum atomic E-state index is 12.2. The first kappa shape index (κ1) is 12.5. The van der Waals surface area contributed by atoms with E-state index in [0.717, 1.165) is 33.3 Å². The van der Waals surface area contributed by atoms with Crippen LogP contribution in [0, 0.1) is 6.92 Å². The number of aryl methyl sites for hydroxylation is 1. The van der Waals surface area contributed by atoms with Crippen molar-refractivity contribution >= 4 is 10.8 Å². The summed E-state index contributed by atoms with van der Waals surface area (Å²) in [5.41, 5.74) is 2.80. The first-order chi connectivity index (χ1) is 9.67. The Balaban J connectivity index is 2.16. The van der Waals surface area contributed by atoms with E-state index in [1.54, 1.807) is 7.11 Å². The summed E-state index contributed by atoms with van der Waals surface area (Å²) in [7, 11) is 1.63. The van der Waals surface area contributed by atoms with Crippen LogP contribution in [0.3, 0.4) is 0 Å². The first-order valence-electron chi connectivity index (χ1n) is 6.45. The first-order valence-corrected chi connectivity index (χ1v) is 6.45. The molecule has 3 heteroatoms. The molecule has 1 aromatic heterocycles. The summed E-state index contributed by atoms with van der Waals surface area (Å²) in [4.78, 5) is 15.1. The van der Waals surface area contributed by atoms with Gasteiger partial charge in [0, 0.05) is 11.1 Å². The average molecular weight is 265 g/mol. The summed E-state index contributed by atoms with van der Waals surface area (Å²) in [6, 6.07) is 15.5. The Hall–Kier alpha value is -2.55. The van der Waals surface area contributed by atoms with Gasteiger partial charge in [-0.2, -0.15) is 0 Å². The molecule has 0 spiro atoms. The van der Waals surface area contributed by atoms with Gasteiger partial charge in [0.25, 0.3) is 5.56 Å². The number of hydrogen-bond donors (Lipinski definition) is 1. The molecule has 2 aromatic carbocycles. The third-order valence-electron chi connectivity index (χ3n) is 3.40. The van der Waals surface area contributed by atoms with Crippen LogP contribution in [0.4, 0.5) is 0 Å². The third kappa shape index (κ3) is 2.18. The van der Waals surface area contributed by atoms with Gasteiger partial charge in [-0.15, -0.1) is 0 Å². The molecule has 0 saturated heterocycles. The Morgan fingerprint density at radius 3 is 2.45 bits per heavy atom. The van der Waals surface area contributed by atoms with E-state index in [2.05, 4.69) is 4.98 Å². The van der Waals surface area contributed by atoms with Crippen molar-refractivity contribution in [2.75, 3.05) is 7.11 Å². The summed E-state index contributed by atoms with van der Waals surface area (Å²) >= 11 is 0. The van der Waals surface area contributed by atoms with Gasteiger partial charge in [-0.1, -0.05) is 17.7 Å². The summed E-state index contributed by atoms with van der Waals surface area (Å²) in [6.07, 6.45) is 0. The Labute approximate surface area is 116 Å². The lowest BCUT2D eigenvalue weighted by Gasteiger charge is -2.06. The predicted octanol–water partition coefficient (Wildman–Crippen LogP) is 3.51. The zero-order chi connectivity index (χ0) is 14.1. The van der Waals surface area contributed by atoms with E-state index in [1.165, 1.54) is 0 Å². The molecule has 3 nitrogen and oxygen atoms in total. The summed E-state index contributed by atoms with van der Waals surface area (Å²) < 4.78 is 5.14. The SMILES string of the molecule is COc1ccc(-c2cc3ccc(C)cc3c(=O)[nH]2)cc1. The van der Waals surface area contributed by atoms with E-state index in [1.807, 2.05) is 55.5 Å². The second-order valence-corrected chi connectivity index (χ2v) is 4.83. The molecule has 0 aliphatic carbocycles. The van der Waals surface area contributed by atoms with Gasteiger partial charge in [-0.3, -0.25) is 4.79 Å². The van der Waals surface area contributed by atoms with Crippen LogP contribution in [0.15, 0.2) is 53.3 Å². The fraction of sp³-hybridized carbons (Fsp3) is 0.118. The lowest BCUT2D eigenvalue weighted by Crippen LogP contribution is -2.07. The van der Waals surface area contributed by atoms with Gasteiger partial charge in [-0.25, -0.2) is 0 Å². The number of aromatic amines is 1. The Bertz CT molecular complexity index is 817. The minimum atomic E-state index is -0.0583. The third-order valence-corrected chi connectivity index (χ3v) is 3.40. The summed E-state index contributed by atoms with van der Waals surface area (Å²) in [5.74, 6) is 0.799. The number of H-pyrrole nitrogens is 1. The number of fused-ring (bicyclic) bond motifs is 1. The number of aromatic nitrogens is 1. The molecule has 0 saturated carbocycles. The van der Waals surface area contributed by atoms with Crippen molar-refractivity contribution in [3.8, 4) is 17.0 Å². The van der Waals surface area contributed by atoms with Crippen LogP contribution in [-0.4, -0.2) is 12.1 Å². The van der Waals surface area contributed by atoms with Crippen molar-refractivity contribution < 1.29 is 4.74 Å². The van der Waals surface area contributed by atoms with E-state index < -0.39 is 0 Å². The second-order valence-electron chi connectivity index (χ2n) is 4.83. The van der Waals surface area contributed by atoms with Crippen LogP contribution < -0.4 is 10.3 Å².